The van der Waals surface area contributed by atoms with Crippen LogP contribution in [0.15, 0.2) is 12.3 Å². The molecule has 0 aromatic heterocycles. The summed E-state index contributed by atoms with van der Waals surface area (Å²) in [5, 5.41) is 2.51. The van der Waals surface area contributed by atoms with E-state index < -0.39 is 5.91 Å². The summed E-state index contributed by atoms with van der Waals surface area (Å²) < 4.78 is 0. The maximum atomic E-state index is 11.4. The minimum atomic E-state index is -0.470. The van der Waals surface area contributed by atoms with E-state index in [4.69, 9.17) is 5.73 Å². The molecular weight excluding hydrogens is 210 g/mol. The molecule has 0 bridgehead atoms. The van der Waals surface area contributed by atoms with Gasteiger partial charge in [0.25, 0.3) is 0 Å². The molecule has 0 spiro atoms. The predicted molar refractivity (Wildman–Crippen MR) is 56.9 cm³/mol. The van der Waals surface area contributed by atoms with Crippen LogP contribution in [0.25, 0.3) is 0 Å². The maximum absolute atomic E-state index is 11.4. The van der Waals surface area contributed by atoms with E-state index in [0.717, 1.165) is 0 Å². The van der Waals surface area contributed by atoms with Gasteiger partial charge in [-0.05, 0) is 6.42 Å². The van der Waals surface area contributed by atoms with E-state index in [1.54, 1.807) is 0 Å². The van der Waals surface area contributed by atoms with Crippen LogP contribution in [-0.4, -0.2) is 35.7 Å². The highest BCUT2D eigenvalue weighted by Gasteiger charge is 2.25. The lowest BCUT2D eigenvalue weighted by Gasteiger charge is -2.16. The lowest BCUT2D eigenvalue weighted by Crippen LogP contribution is -2.38. The molecule has 0 saturated carbocycles. The van der Waals surface area contributed by atoms with Crippen molar-refractivity contribution in [3.8, 4) is 0 Å². The molecule has 16 heavy (non-hydrogen) atoms. The van der Waals surface area contributed by atoms with Crippen molar-refractivity contribution in [1.29, 1.82) is 0 Å². The van der Waals surface area contributed by atoms with Gasteiger partial charge >= 0.3 is 0 Å². The normalized spacial score (nSPS) is 15.4. The second kappa shape index (κ2) is 5.29. The van der Waals surface area contributed by atoms with E-state index >= 15 is 0 Å². The van der Waals surface area contributed by atoms with Crippen molar-refractivity contribution in [2.24, 2.45) is 5.73 Å². The quantitative estimate of drug-likeness (QED) is 0.636. The summed E-state index contributed by atoms with van der Waals surface area (Å²) in [7, 11) is 0. The van der Waals surface area contributed by atoms with Crippen LogP contribution in [0.1, 0.15) is 19.3 Å². The van der Waals surface area contributed by atoms with Gasteiger partial charge in [0, 0.05) is 25.1 Å². The second-order valence-corrected chi connectivity index (χ2v) is 3.61. The number of nitrogens with one attached hydrogen (secondary N) is 1. The van der Waals surface area contributed by atoms with Gasteiger partial charge in [0.1, 0.15) is 6.54 Å². The standard InChI is InChI=1S/C10H15N3O3/c1-7-2-3-10(16)13(7)6-9(15)12-5-4-8(11)14/h1-6H2,(H2,11,14)(H,12,15). The number of nitrogens with two attached hydrogens (primary N) is 1. The number of likely N-dealkylation sites (tertiary alicyclic amines) is 1. The summed E-state index contributed by atoms with van der Waals surface area (Å²) in [6.07, 6.45) is 1.11. The van der Waals surface area contributed by atoms with Crippen LogP contribution in [0.3, 0.4) is 0 Å². The van der Waals surface area contributed by atoms with E-state index in [-0.39, 0.29) is 31.3 Å². The van der Waals surface area contributed by atoms with Gasteiger partial charge in [-0.2, -0.15) is 0 Å². The molecule has 3 N–H and O–H groups in total. The Morgan fingerprint density at radius 1 is 1.44 bits per heavy atom. The summed E-state index contributed by atoms with van der Waals surface area (Å²) >= 11 is 0. The molecule has 0 aromatic carbocycles. The van der Waals surface area contributed by atoms with Gasteiger partial charge in [0.2, 0.25) is 17.7 Å². The van der Waals surface area contributed by atoms with E-state index in [2.05, 4.69) is 11.9 Å². The van der Waals surface area contributed by atoms with Crippen LogP contribution in [0.5, 0.6) is 0 Å². The second-order valence-electron chi connectivity index (χ2n) is 3.61. The van der Waals surface area contributed by atoms with Gasteiger partial charge in [-0.1, -0.05) is 6.58 Å². The molecule has 0 aliphatic carbocycles. The molecular formula is C10H15N3O3. The van der Waals surface area contributed by atoms with Crippen molar-refractivity contribution >= 4 is 17.7 Å². The van der Waals surface area contributed by atoms with Gasteiger partial charge in [-0.25, -0.2) is 0 Å². The Hall–Kier alpha value is -1.85. The SMILES string of the molecule is C=C1CCC(=O)N1CC(=O)NCCC(N)=O. The molecule has 0 radical (unpaired) electrons. The third kappa shape index (κ3) is 3.38. The summed E-state index contributed by atoms with van der Waals surface area (Å²) in [6.45, 7) is 3.86. The van der Waals surface area contributed by atoms with E-state index in [0.29, 0.717) is 18.5 Å². The first-order valence-corrected chi connectivity index (χ1v) is 5.04. The van der Waals surface area contributed by atoms with Crippen LogP contribution in [0.2, 0.25) is 0 Å². The molecule has 0 unspecified atom stereocenters. The molecule has 6 heteroatoms. The number of hydrogen-bond donors (Lipinski definition) is 2. The van der Waals surface area contributed by atoms with Crippen LogP contribution in [0, 0.1) is 0 Å². The first kappa shape index (κ1) is 12.2. The first-order chi connectivity index (χ1) is 7.50. The van der Waals surface area contributed by atoms with E-state index in [1.165, 1.54) is 4.90 Å². The molecule has 0 aromatic rings. The number of carbonyl (C=O) groups is 3. The molecule has 88 valence electrons. The molecule has 1 saturated heterocycles. The van der Waals surface area contributed by atoms with Crippen LogP contribution in [0.4, 0.5) is 0 Å². The molecule has 1 fully saturated rings. The molecule has 1 rings (SSSR count). The van der Waals surface area contributed by atoms with Crippen LogP contribution < -0.4 is 11.1 Å². The minimum Gasteiger partial charge on any atom is -0.370 e. The summed E-state index contributed by atoms with van der Waals surface area (Å²) in [4.78, 5) is 34.5. The zero-order valence-electron chi connectivity index (χ0n) is 8.99. The fourth-order valence-electron chi connectivity index (χ4n) is 1.42. The fourth-order valence-corrected chi connectivity index (χ4v) is 1.42. The van der Waals surface area contributed by atoms with E-state index in [9.17, 15) is 14.4 Å². The summed E-state index contributed by atoms with van der Waals surface area (Å²) in [5.74, 6) is -0.866. The third-order valence-electron chi connectivity index (χ3n) is 2.31. The van der Waals surface area contributed by atoms with Crippen molar-refractivity contribution in [2.45, 2.75) is 19.3 Å². The lowest BCUT2D eigenvalue weighted by molar-refractivity contribution is -0.132. The lowest BCUT2D eigenvalue weighted by atomic mass is 10.3. The average Bonchev–Trinajstić information content (AvgIpc) is 2.49. The highest BCUT2D eigenvalue weighted by molar-refractivity contribution is 5.88. The number of allylic oxidation sites excluding steroid dienone is 1. The zero-order valence-corrected chi connectivity index (χ0v) is 8.99. The topological polar surface area (TPSA) is 92.5 Å². The third-order valence-corrected chi connectivity index (χ3v) is 2.31. The highest BCUT2D eigenvalue weighted by Crippen LogP contribution is 2.19. The highest BCUT2D eigenvalue weighted by atomic mass is 16.2. The largest absolute Gasteiger partial charge is 0.370 e. The number of hydrogen-bond acceptors (Lipinski definition) is 3. The minimum absolute atomic E-state index is 0.0313. The van der Waals surface area contributed by atoms with Crippen LogP contribution in [-0.2, 0) is 14.4 Å². The fraction of sp³-hybridized carbons (Fsp3) is 0.500. The Balaban J connectivity index is 2.31. The average molecular weight is 225 g/mol. The molecule has 1 heterocycles. The molecule has 6 nitrogen and oxygen atoms in total. The van der Waals surface area contributed by atoms with Gasteiger partial charge in [0.15, 0.2) is 0 Å². The van der Waals surface area contributed by atoms with Crippen molar-refractivity contribution in [3.05, 3.63) is 12.3 Å². The Kier molecular flexibility index (Phi) is 4.04. The number of rotatable bonds is 5. The molecule has 0 atom stereocenters. The van der Waals surface area contributed by atoms with Gasteiger partial charge in [-0.3, -0.25) is 14.4 Å². The number of primary amides is 1. The Morgan fingerprint density at radius 2 is 2.12 bits per heavy atom. The number of amides is 3. The molecule has 3 amide bonds. The molecule has 1 aliphatic rings. The molecule has 1 aliphatic heterocycles. The van der Waals surface area contributed by atoms with Crippen molar-refractivity contribution < 1.29 is 14.4 Å². The monoisotopic (exact) mass is 225 g/mol. The first-order valence-electron chi connectivity index (χ1n) is 5.04. The van der Waals surface area contributed by atoms with Crippen molar-refractivity contribution in [2.75, 3.05) is 13.1 Å². The van der Waals surface area contributed by atoms with Gasteiger partial charge in [-0.15, -0.1) is 0 Å². The maximum Gasteiger partial charge on any atom is 0.240 e. The Morgan fingerprint density at radius 3 is 2.62 bits per heavy atom. The summed E-state index contributed by atoms with van der Waals surface area (Å²) in [5.41, 5.74) is 5.58. The van der Waals surface area contributed by atoms with Crippen molar-refractivity contribution in [1.82, 2.24) is 10.2 Å². The Labute approximate surface area is 93.5 Å². The predicted octanol–water partition coefficient (Wildman–Crippen LogP) is -0.886. The van der Waals surface area contributed by atoms with E-state index in [1.807, 2.05) is 0 Å². The van der Waals surface area contributed by atoms with Gasteiger partial charge in [0.05, 0.1) is 0 Å². The summed E-state index contributed by atoms with van der Waals surface area (Å²) in [6, 6.07) is 0. The smallest absolute Gasteiger partial charge is 0.240 e. The zero-order chi connectivity index (χ0) is 12.1. The Bertz CT molecular complexity index is 322. The number of nitrogens with zero attached hydrogens (tertiary/aromatic N) is 1. The number of carbonyl (C=O) groups excluding carboxylic acids is 3. The van der Waals surface area contributed by atoms with Gasteiger partial charge < -0.3 is 16.0 Å². The van der Waals surface area contributed by atoms with Crippen LogP contribution >= 0.6 is 0 Å². The van der Waals surface area contributed by atoms with Crippen molar-refractivity contribution in [3.63, 3.8) is 0 Å².